The number of aromatic nitrogens is 4. The highest BCUT2D eigenvalue weighted by Crippen LogP contribution is 2.24. The number of aryl methyl sites for hydroxylation is 2. The lowest BCUT2D eigenvalue weighted by Gasteiger charge is -2.12. The summed E-state index contributed by atoms with van der Waals surface area (Å²) in [4.78, 5) is 12.9. The SMILES string of the molecule is Cc1nnc(-c2cc(CC(C)C)n(-c3cccc(C(=O)NCc4c(C)cccc4Cl)c3)n2)o1. The first kappa shape index (κ1) is 22.7. The fourth-order valence-corrected chi connectivity index (χ4v) is 3.94. The zero-order chi connectivity index (χ0) is 23.5. The summed E-state index contributed by atoms with van der Waals surface area (Å²) in [5.74, 6) is 1.10. The molecule has 0 fully saturated rings. The molecule has 0 unspecified atom stereocenters. The molecule has 0 radical (unpaired) electrons. The van der Waals surface area contributed by atoms with Crippen LogP contribution in [-0.4, -0.2) is 25.9 Å². The number of amides is 1. The van der Waals surface area contributed by atoms with Crippen molar-refractivity contribution in [2.45, 2.75) is 40.7 Å². The molecule has 1 N–H and O–H groups in total. The van der Waals surface area contributed by atoms with Crippen molar-refractivity contribution >= 4 is 17.5 Å². The first-order valence-electron chi connectivity index (χ1n) is 10.8. The van der Waals surface area contributed by atoms with Crippen LogP contribution in [0.4, 0.5) is 0 Å². The van der Waals surface area contributed by atoms with Gasteiger partial charge in [-0.2, -0.15) is 5.10 Å². The van der Waals surface area contributed by atoms with Crippen molar-refractivity contribution in [2.24, 2.45) is 5.92 Å². The zero-order valence-corrected chi connectivity index (χ0v) is 19.8. The Bertz CT molecular complexity index is 1270. The summed E-state index contributed by atoms with van der Waals surface area (Å²) in [7, 11) is 0. The predicted octanol–water partition coefficient (Wildman–Crippen LogP) is 5.32. The maximum absolute atomic E-state index is 12.9. The molecule has 8 heteroatoms. The molecular weight excluding hydrogens is 438 g/mol. The minimum absolute atomic E-state index is 0.179. The Balaban J connectivity index is 1.61. The maximum atomic E-state index is 12.9. The lowest BCUT2D eigenvalue weighted by molar-refractivity contribution is 0.0951. The third kappa shape index (κ3) is 5.14. The first-order chi connectivity index (χ1) is 15.8. The predicted molar refractivity (Wildman–Crippen MR) is 127 cm³/mol. The van der Waals surface area contributed by atoms with E-state index in [4.69, 9.17) is 21.1 Å². The minimum atomic E-state index is -0.179. The molecule has 0 aliphatic rings. The Labute approximate surface area is 197 Å². The molecule has 0 bridgehead atoms. The van der Waals surface area contributed by atoms with Crippen molar-refractivity contribution in [2.75, 3.05) is 0 Å². The van der Waals surface area contributed by atoms with Crippen molar-refractivity contribution < 1.29 is 9.21 Å². The third-order valence-electron chi connectivity index (χ3n) is 5.28. The van der Waals surface area contributed by atoms with Gasteiger partial charge < -0.3 is 9.73 Å². The van der Waals surface area contributed by atoms with Gasteiger partial charge in [0.2, 0.25) is 5.89 Å². The van der Waals surface area contributed by atoms with Crippen LogP contribution in [0.15, 0.2) is 52.9 Å². The van der Waals surface area contributed by atoms with Gasteiger partial charge in [0, 0.05) is 29.7 Å². The molecule has 7 nitrogen and oxygen atoms in total. The normalized spacial score (nSPS) is 11.2. The number of hydrogen-bond acceptors (Lipinski definition) is 5. The average molecular weight is 464 g/mol. The molecule has 2 heterocycles. The zero-order valence-electron chi connectivity index (χ0n) is 19.1. The molecule has 0 saturated carbocycles. The molecule has 170 valence electrons. The number of hydrogen-bond donors (Lipinski definition) is 1. The minimum Gasteiger partial charge on any atom is -0.420 e. The van der Waals surface area contributed by atoms with Crippen molar-refractivity contribution in [3.63, 3.8) is 0 Å². The summed E-state index contributed by atoms with van der Waals surface area (Å²) >= 11 is 6.30. The van der Waals surface area contributed by atoms with Gasteiger partial charge in [-0.25, -0.2) is 4.68 Å². The van der Waals surface area contributed by atoms with E-state index in [9.17, 15) is 4.79 Å². The van der Waals surface area contributed by atoms with E-state index in [1.165, 1.54) is 0 Å². The molecule has 2 aromatic heterocycles. The van der Waals surface area contributed by atoms with Gasteiger partial charge >= 0.3 is 0 Å². The fraction of sp³-hybridized carbons (Fsp3) is 0.280. The summed E-state index contributed by atoms with van der Waals surface area (Å²) in [5.41, 5.74) is 4.88. The van der Waals surface area contributed by atoms with Crippen LogP contribution in [0.25, 0.3) is 17.3 Å². The second kappa shape index (κ2) is 9.58. The van der Waals surface area contributed by atoms with E-state index < -0.39 is 0 Å². The Hall–Kier alpha value is -3.45. The summed E-state index contributed by atoms with van der Waals surface area (Å²) in [6.07, 6.45) is 0.808. The number of carbonyl (C=O) groups is 1. The van der Waals surface area contributed by atoms with Crippen LogP contribution in [0, 0.1) is 19.8 Å². The van der Waals surface area contributed by atoms with Gasteiger partial charge in [0.05, 0.1) is 5.69 Å². The molecule has 1 amide bonds. The van der Waals surface area contributed by atoms with Crippen LogP contribution < -0.4 is 5.32 Å². The van der Waals surface area contributed by atoms with Crippen LogP contribution >= 0.6 is 11.6 Å². The second-order valence-electron chi connectivity index (χ2n) is 8.43. The highest BCUT2D eigenvalue weighted by Gasteiger charge is 2.17. The van der Waals surface area contributed by atoms with Gasteiger partial charge in [0.1, 0.15) is 5.69 Å². The molecule has 4 rings (SSSR count). The van der Waals surface area contributed by atoms with Gasteiger partial charge in [0.15, 0.2) is 0 Å². The Morgan fingerprint density at radius 3 is 2.61 bits per heavy atom. The van der Waals surface area contributed by atoms with Gasteiger partial charge in [-0.3, -0.25) is 4.79 Å². The Morgan fingerprint density at radius 1 is 1.12 bits per heavy atom. The monoisotopic (exact) mass is 463 g/mol. The third-order valence-corrected chi connectivity index (χ3v) is 5.63. The van der Waals surface area contributed by atoms with E-state index >= 15 is 0 Å². The van der Waals surface area contributed by atoms with Crippen molar-refractivity contribution in [1.82, 2.24) is 25.3 Å². The fourth-order valence-electron chi connectivity index (χ4n) is 3.65. The number of rotatable bonds is 7. The van der Waals surface area contributed by atoms with Gasteiger partial charge in [-0.15, -0.1) is 10.2 Å². The molecular formula is C25H26ClN5O2. The van der Waals surface area contributed by atoms with Crippen molar-refractivity contribution in [1.29, 1.82) is 0 Å². The van der Waals surface area contributed by atoms with E-state index in [2.05, 4.69) is 29.4 Å². The number of nitrogens with zero attached hydrogens (tertiary/aromatic N) is 4. The number of benzene rings is 2. The standard InChI is InChI=1S/C25H26ClN5O2/c1-15(2)11-20-13-23(25-29-28-17(4)33-25)30-31(20)19-9-6-8-18(12-19)24(32)27-14-21-16(3)7-5-10-22(21)26/h5-10,12-13,15H,11,14H2,1-4H3,(H,27,32). The van der Waals surface area contributed by atoms with Crippen LogP contribution in [0.2, 0.25) is 5.02 Å². The highest BCUT2D eigenvalue weighted by molar-refractivity contribution is 6.31. The number of carbonyl (C=O) groups excluding carboxylic acids is 1. The molecule has 4 aromatic rings. The van der Waals surface area contributed by atoms with Crippen molar-refractivity contribution in [3.8, 4) is 17.3 Å². The highest BCUT2D eigenvalue weighted by atomic mass is 35.5. The average Bonchev–Trinajstić information content (AvgIpc) is 3.39. The summed E-state index contributed by atoms with van der Waals surface area (Å²) < 4.78 is 7.40. The van der Waals surface area contributed by atoms with E-state index in [0.29, 0.717) is 40.5 Å². The van der Waals surface area contributed by atoms with Crippen molar-refractivity contribution in [3.05, 3.63) is 81.8 Å². The summed E-state index contributed by atoms with van der Waals surface area (Å²) in [6, 6.07) is 15.0. The second-order valence-corrected chi connectivity index (χ2v) is 8.83. The van der Waals surface area contributed by atoms with Gasteiger partial charge in [-0.1, -0.05) is 43.6 Å². The van der Waals surface area contributed by atoms with Crippen LogP contribution in [0.1, 0.15) is 46.9 Å². The van der Waals surface area contributed by atoms with Crippen LogP contribution in [0.5, 0.6) is 0 Å². The maximum Gasteiger partial charge on any atom is 0.268 e. The molecule has 0 aliphatic carbocycles. The van der Waals surface area contributed by atoms with E-state index in [1.54, 1.807) is 13.0 Å². The summed E-state index contributed by atoms with van der Waals surface area (Å²) in [5, 5.41) is 16.3. The van der Waals surface area contributed by atoms with Gasteiger partial charge in [-0.05, 0) is 60.7 Å². The summed E-state index contributed by atoms with van der Waals surface area (Å²) in [6.45, 7) is 8.37. The van der Waals surface area contributed by atoms with E-state index in [1.807, 2.05) is 54.1 Å². The van der Waals surface area contributed by atoms with Crippen LogP contribution in [0.3, 0.4) is 0 Å². The lowest BCUT2D eigenvalue weighted by atomic mass is 10.1. The molecule has 0 saturated heterocycles. The smallest absolute Gasteiger partial charge is 0.268 e. The molecule has 0 atom stereocenters. The first-order valence-corrected chi connectivity index (χ1v) is 11.2. The molecule has 2 aromatic carbocycles. The number of halogens is 1. The quantitative estimate of drug-likeness (QED) is 0.400. The van der Waals surface area contributed by atoms with E-state index in [0.717, 1.165) is 28.9 Å². The lowest BCUT2D eigenvalue weighted by Crippen LogP contribution is -2.23. The number of nitrogens with one attached hydrogen (secondary N) is 1. The van der Waals surface area contributed by atoms with E-state index in [-0.39, 0.29) is 5.91 Å². The molecule has 0 spiro atoms. The molecule has 0 aliphatic heterocycles. The van der Waals surface area contributed by atoms with Crippen LogP contribution in [-0.2, 0) is 13.0 Å². The Kier molecular flexibility index (Phi) is 6.60. The van der Waals surface area contributed by atoms with Gasteiger partial charge in [0.25, 0.3) is 11.8 Å². The molecule has 33 heavy (non-hydrogen) atoms. The Morgan fingerprint density at radius 2 is 1.91 bits per heavy atom. The topological polar surface area (TPSA) is 85.8 Å². The largest absolute Gasteiger partial charge is 0.420 e.